The number of hydrogen-bond donors (Lipinski definition) is 8. The largest absolute Gasteiger partial charge is 0.504 e. The number of thiazole rings is 1. The van der Waals surface area contributed by atoms with Crippen LogP contribution in [0.4, 0.5) is 9.52 Å². The molecule has 3 amide bonds. The molecule has 0 unspecified atom stereocenters. The van der Waals surface area contributed by atoms with Crippen LogP contribution in [0.15, 0.2) is 33.9 Å². The number of phenols is 2. The average Bonchev–Trinajstić information content (AvgIpc) is 3.83. The number of thioether (sulfide) groups is 1. The Morgan fingerprint density at radius 3 is 2.44 bits per heavy atom. The summed E-state index contributed by atoms with van der Waals surface area (Å²) < 4.78 is 14.3. The van der Waals surface area contributed by atoms with Gasteiger partial charge >= 0.3 is 17.9 Å². The van der Waals surface area contributed by atoms with Crippen LogP contribution in [0.3, 0.4) is 0 Å². The van der Waals surface area contributed by atoms with Gasteiger partial charge in [0.05, 0.1) is 26.1 Å². The number of fused-ring (bicyclic) bond motifs is 3. The number of carbonyl (C=O) groups excluding carboxylic acids is 4. The lowest BCUT2D eigenvalue weighted by atomic mass is 9.84. The molecule has 1 aromatic heterocycles. The van der Waals surface area contributed by atoms with E-state index >= 15 is 0 Å². The lowest BCUT2D eigenvalue weighted by molar-refractivity contribution is -0.904. The minimum atomic E-state index is -1.96. The van der Waals surface area contributed by atoms with Crippen molar-refractivity contribution in [2.24, 2.45) is 10.6 Å². The Hall–Kier alpha value is -5.81. The van der Waals surface area contributed by atoms with Crippen LogP contribution >= 0.6 is 23.1 Å². The van der Waals surface area contributed by atoms with Crippen molar-refractivity contribution in [1.82, 2.24) is 20.5 Å². The van der Waals surface area contributed by atoms with E-state index < -0.39 is 99.4 Å². The highest BCUT2D eigenvalue weighted by atomic mass is 32.2. The third-order valence-corrected chi connectivity index (χ3v) is 12.0. The van der Waals surface area contributed by atoms with E-state index in [1.165, 1.54) is 17.1 Å². The second kappa shape index (κ2) is 14.8. The maximum Gasteiger partial charge on any atom is 0.352 e. The number of benzene rings is 1. The van der Waals surface area contributed by atoms with Gasteiger partial charge in [0.1, 0.15) is 29.4 Å². The van der Waals surface area contributed by atoms with Crippen molar-refractivity contribution in [2.45, 2.75) is 36.8 Å². The third-order valence-electron chi connectivity index (χ3n) is 9.99. The highest BCUT2D eigenvalue weighted by Crippen LogP contribution is 2.48. The molecule has 0 aliphatic carbocycles. The number of aromatic nitrogens is 1. The number of Topliss-reactive ketones (excluding diaryl/α,β-unsaturated/α-hetero) is 1. The second-order valence-electron chi connectivity index (χ2n) is 13.6. The summed E-state index contributed by atoms with van der Waals surface area (Å²) in [6.07, 6.45) is -1.66. The molecule has 1 aromatic carbocycles. The summed E-state index contributed by atoms with van der Waals surface area (Å²) in [5.41, 5.74) is 4.35. The quantitative estimate of drug-likeness (QED) is 0.0209. The summed E-state index contributed by atoms with van der Waals surface area (Å²) in [4.78, 5) is 97.3. The van der Waals surface area contributed by atoms with Crippen molar-refractivity contribution in [2.75, 3.05) is 44.2 Å². The molecule has 4 aliphatic heterocycles. The van der Waals surface area contributed by atoms with Gasteiger partial charge in [0, 0.05) is 47.1 Å². The van der Waals surface area contributed by atoms with Crippen LogP contribution in [0.1, 0.15) is 35.3 Å². The van der Waals surface area contributed by atoms with Crippen LogP contribution in [0.2, 0.25) is 0 Å². The Morgan fingerprint density at radius 2 is 1.84 bits per heavy atom. The van der Waals surface area contributed by atoms with Crippen LogP contribution in [0.5, 0.6) is 11.5 Å². The van der Waals surface area contributed by atoms with Gasteiger partial charge in [-0.1, -0.05) is 5.16 Å². The molecule has 3 saturated heterocycles. The van der Waals surface area contributed by atoms with Crippen LogP contribution in [-0.2, 0) is 33.6 Å². The number of ketones is 1. The smallest absolute Gasteiger partial charge is 0.352 e. The zero-order valence-corrected chi connectivity index (χ0v) is 30.0. The lowest BCUT2D eigenvalue weighted by Gasteiger charge is -2.50. The van der Waals surface area contributed by atoms with Gasteiger partial charge in [-0.2, -0.15) is 0 Å². The zero-order chi connectivity index (χ0) is 40.0. The van der Waals surface area contributed by atoms with E-state index in [1.54, 1.807) is 0 Å². The number of nitrogens with zero attached hydrogens (tertiary/aromatic N) is 4. The van der Waals surface area contributed by atoms with E-state index in [-0.39, 0.29) is 35.4 Å². The Bertz CT molecular complexity index is 2060. The van der Waals surface area contributed by atoms with Gasteiger partial charge in [0.15, 0.2) is 28.2 Å². The van der Waals surface area contributed by atoms with Crippen molar-refractivity contribution in [3.8, 4) is 11.5 Å². The van der Waals surface area contributed by atoms with E-state index in [2.05, 4.69) is 20.8 Å². The number of rotatable bonds is 15. The maximum absolute atomic E-state index is 13.8. The first-order chi connectivity index (χ1) is 25.9. The van der Waals surface area contributed by atoms with Crippen molar-refractivity contribution in [3.63, 3.8) is 0 Å². The first-order valence-corrected chi connectivity index (χ1v) is 18.4. The van der Waals surface area contributed by atoms with Gasteiger partial charge < -0.3 is 51.2 Å². The third kappa shape index (κ3) is 7.62. The first kappa shape index (κ1) is 38.9. The standard InChI is InChI=1S/C32H32FN7O13S2/c33-15-5-13(6-17(41)24(15)45)23(44)26(47)35-11-32-1-3-40(12-32,4-2-32)8-14-9-54-28-21(27(48)39(28)22(14)30(51)52)37-25(46)20(16-10-55-31(34)36-16)38-53-18(29(49)50)7-19(42)43/h5-6,10,18,21,28H,1-4,7-9,11-12H2,(H8-,34,35,36,37,38,41,42,43,44,45,46,47,49,50,51,52)/p+1/t18-,21+,28+,32?,40?/m0/s1. The number of nitrogens with two attached hydrogens (primary N) is 1. The molecule has 0 spiro atoms. The molecule has 2 bridgehead atoms. The summed E-state index contributed by atoms with van der Waals surface area (Å²) in [6, 6.07) is 0.207. The molecule has 5 heterocycles. The Kier molecular flexibility index (Phi) is 10.5. The van der Waals surface area contributed by atoms with Gasteiger partial charge in [-0.15, -0.1) is 23.1 Å². The molecular weight excluding hydrogens is 774 g/mol. The van der Waals surface area contributed by atoms with Gasteiger partial charge in [0.2, 0.25) is 11.9 Å². The monoisotopic (exact) mass is 806 g/mol. The second-order valence-corrected chi connectivity index (χ2v) is 15.6. The molecule has 0 saturated carbocycles. The van der Waals surface area contributed by atoms with Crippen molar-refractivity contribution in [1.29, 1.82) is 0 Å². The molecule has 292 valence electrons. The summed E-state index contributed by atoms with van der Waals surface area (Å²) in [6.45, 7) is 2.17. The van der Waals surface area contributed by atoms with E-state index in [9.17, 15) is 58.4 Å². The fourth-order valence-corrected chi connectivity index (χ4v) is 9.20. The zero-order valence-electron chi connectivity index (χ0n) is 28.4. The number of halogens is 1. The number of aliphatic carboxylic acids is 3. The molecule has 55 heavy (non-hydrogen) atoms. The Labute approximate surface area is 317 Å². The highest BCUT2D eigenvalue weighted by molar-refractivity contribution is 8.00. The number of quaternary nitrogens is 1. The number of nitrogen functional groups attached to an aromatic ring is 1. The van der Waals surface area contributed by atoms with E-state index in [0.717, 1.165) is 22.3 Å². The van der Waals surface area contributed by atoms with Gasteiger partial charge in [-0.3, -0.25) is 28.9 Å². The minimum absolute atomic E-state index is 0.0122. The van der Waals surface area contributed by atoms with Gasteiger partial charge in [0.25, 0.3) is 17.7 Å². The summed E-state index contributed by atoms with van der Waals surface area (Å²) in [5.74, 6) is -11.4. The number of carboxylic acid groups (broad SMARTS) is 3. The molecule has 0 radical (unpaired) electrons. The summed E-state index contributed by atoms with van der Waals surface area (Å²) >= 11 is 2.13. The normalized spacial score (nSPS) is 24.8. The number of hydrogen-bond acceptors (Lipinski definition) is 15. The molecule has 9 N–H and O–H groups in total. The molecule has 20 nitrogen and oxygen atoms in total. The van der Waals surface area contributed by atoms with E-state index in [1.807, 2.05) is 0 Å². The summed E-state index contributed by atoms with van der Waals surface area (Å²) in [7, 11) is 0. The van der Waals surface area contributed by atoms with Crippen molar-refractivity contribution < 1.29 is 72.8 Å². The molecule has 6 rings (SSSR count). The summed E-state index contributed by atoms with van der Waals surface area (Å²) in [5, 5.41) is 56.8. The molecule has 3 atom stereocenters. The lowest BCUT2D eigenvalue weighted by Crippen LogP contribution is -2.71. The van der Waals surface area contributed by atoms with Crippen LogP contribution < -0.4 is 16.4 Å². The van der Waals surface area contributed by atoms with Crippen LogP contribution in [0.25, 0.3) is 0 Å². The number of oxime groups is 1. The SMILES string of the molecule is Nc1nc(/C(=N/O[C@@H](CC(=O)O)C(=O)O)C(=O)N[C@@H]2C(=O)N3C(C(=O)O)=C(C[N+]45CCC(CNC(=O)C(=O)c6cc(O)c(O)c(F)c6)(CC4)C5)CS[C@H]23)cs1. The number of nitrogens with one attached hydrogen (secondary N) is 2. The number of anilines is 1. The van der Waals surface area contributed by atoms with Crippen LogP contribution in [0, 0.1) is 11.2 Å². The number of piperidine rings is 1. The molecule has 3 fully saturated rings. The topological polar surface area (TPSA) is 308 Å². The average molecular weight is 807 g/mol. The molecular formula is C32H33FN7O13S2+. The number of aromatic hydroxyl groups is 2. The predicted molar refractivity (Wildman–Crippen MR) is 186 cm³/mol. The fourth-order valence-electron chi connectivity index (χ4n) is 7.32. The fraction of sp³-hybridized carbons (Fsp3) is 0.406. The number of phenolic OH excluding ortho intramolecular Hbond substituents is 2. The highest BCUT2D eigenvalue weighted by Gasteiger charge is 2.58. The maximum atomic E-state index is 13.8. The number of amides is 3. The first-order valence-electron chi connectivity index (χ1n) is 16.4. The Morgan fingerprint density at radius 1 is 1.13 bits per heavy atom. The van der Waals surface area contributed by atoms with Gasteiger partial charge in [-0.25, -0.2) is 19.0 Å². The molecule has 23 heteroatoms. The number of β-lactam (4-membered cyclic amide) rings is 1. The molecule has 2 aromatic rings. The number of carboxylic acids is 3. The number of carbonyl (C=O) groups is 7. The van der Waals surface area contributed by atoms with Crippen molar-refractivity contribution >= 4 is 75.4 Å². The van der Waals surface area contributed by atoms with Crippen LogP contribution in [-0.4, -0.2) is 143 Å². The predicted octanol–water partition coefficient (Wildman–Crippen LogP) is -0.727. The van der Waals surface area contributed by atoms with Crippen molar-refractivity contribution in [3.05, 3.63) is 45.9 Å². The van der Waals surface area contributed by atoms with E-state index in [0.29, 0.717) is 48.6 Å². The van der Waals surface area contributed by atoms with E-state index in [4.69, 9.17) is 15.7 Å². The minimum Gasteiger partial charge on any atom is -0.504 e. The molecule has 4 aliphatic rings. The Balaban J connectivity index is 1.12. The van der Waals surface area contributed by atoms with Gasteiger partial charge in [-0.05, 0) is 12.1 Å².